The van der Waals surface area contributed by atoms with Gasteiger partial charge in [0.2, 0.25) is 0 Å². The number of fused-ring (bicyclic) bond motifs is 1. The summed E-state index contributed by atoms with van der Waals surface area (Å²) in [5, 5.41) is 7.50. The maximum atomic E-state index is 13.4. The molecule has 0 radical (unpaired) electrons. The molecule has 2 aliphatic carbocycles. The van der Waals surface area contributed by atoms with Crippen molar-refractivity contribution in [3.8, 4) is 0 Å². The van der Waals surface area contributed by atoms with Crippen molar-refractivity contribution in [3.05, 3.63) is 65.4 Å². The van der Waals surface area contributed by atoms with E-state index in [1.54, 1.807) is 9.58 Å². The van der Waals surface area contributed by atoms with Gasteiger partial charge in [-0.25, -0.2) is 9.48 Å². The van der Waals surface area contributed by atoms with Gasteiger partial charge in [0.15, 0.2) is 0 Å². The minimum atomic E-state index is -4.25. The van der Waals surface area contributed by atoms with Crippen molar-refractivity contribution in [2.45, 2.75) is 50.7 Å². The molecule has 3 N–H and O–H groups in total. The Kier molecular flexibility index (Phi) is 6.21. The highest BCUT2D eigenvalue weighted by molar-refractivity contribution is 5.89. The first-order valence-electron chi connectivity index (χ1n) is 12.1. The van der Waals surface area contributed by atoms with Gasteiger partial charge in [-0.05, 0) is 56.1 Å². The molecule has 3 unspecified atom stereocenters. The van der Waals surface area contributed by atoms with Gasteiger partial charge < -0.3 is 5.73 Å². The quantitative estimate of drug-likeness (QED) is 0.630. The van der Waals surface area contributed by atoms with Crippen LogP contribution in [0.4, 0.5) is 23.8 Å². The fourth-order valence-electron chi connectivity index (χ4n) is 6.17. The van der Waals surface area contributed by atoms with Gasteiger partial charge in [0.1, 0.15) is 5.82 Å². The van der Waals surface area contributed by atoms with Crippen molar-refractivity contribution in [1.29, 1.82) is 0 Å². The fraction of sp³-hybridized carbons (Fsp3) is 0.462. The van der Waals surface area contributed by atoms with Crippen LogP contribution in [0.3, 0.4) is 0 Å². The minimum Gasteiger partial charge on any atom is -0.351 e. The van der Waals surface area contributed by atoms with Crippen LogP contribution in [-0.2, 0) is 12.8 Å². The highest BCUT2D eigenvalue weighted by Crippen LogP contribution is 2.46. The Morgan fingerprint density at radius 1 is 1.23 bits per heavy atom. The second kappa shape index (κ2) is 9.18. The zero-order valence-corrected chi connectivity index (χ0v) is 19.6. The normalized spacial score (nSPS) is 26.6. The average Bonchev–Trinajstić information content (AvgIpc) is 3.48. The number of carbonyl (C=O) groups is 1. The molecule has 3 aliphatic rings. The molecule has 6 nitrogen and oxygen atoms in total. The number of hydrogen-bond donors (Lipinski definition) is 2. The standard InChI is InChI=1S/C26H30F3N5O/c1-16-23(21(17-7-3-2-4-8-17)14-33(16)15-26(27,28)29)18-9-5-10-19(13-18)34-24(31-25(30)35)20-11-6-12-22(20)32-34/h2-5,7-8,10,13,16,18,21,23H,6,9,11-12,14-15H2,1H3,(H3,30,31,35)/t16?,18?,21?,23-/m0/s1. The summed E-state index contributed by atoms with van der Waals surface area (Å²) in [6.07, 6.45) is 5.28. The number of nitrogens with one attached hydrogen (secondary N) is 1. The topological polar surface area (TPSA) is 76.2 Å². The number of anilines is 1. The third-order valence-corrected chi connectivity index (χ3v) is 7.61. The Balaban J connectivity index is 1.50. The second-order valence-electron chi connectivity index (χ2n) is 9.80. The molecular formula is C26H30F3N5O. The van der Waals surface area contributed by atoms with Crippen molar-refractivity contribution in [2.75, 3.05) is 18.4 Å². The summed E-state index contributed by atoms with van der Waals surface area (Å²) in [7, 11) is 0. The third kappa shape index (κ3) is 4.74. The van der Waals surface area contributed by atoms with Crippen molar-refractivity contribution >= 4 is 17.5 Å². The van der Waals surface area contributed by atoms with Crippen LogP contribution in [0.25, 0.3) is 5.70 Å². The number of aromatic nitrogens is 2. The summed E-state index contributed by atoms with van der Waals surface area (Å²) in [6, 6.07) is 8.94. The first kappa shape index (κ1) is 23.7. The molecule has 1 saturated heterocycles. The molecule has 1 aromatic carbocycles. The number of alkyl halides is 3. The van der Waals surface area contributed by atoms with E-state index in [1.807, 2.05) is 43.3 Å². The fourth-order valence-corrected chi connectivity index (χ4v) is 6.17. The average molecular weight is 486 g/mol. The largest absolute Gasteiger partial charge is 0.401 e. The number of amides is 2. The van der Waals surface area contributed by atoms with Crippen LogP contribution >= 0.6 is 0 Å². The number of benzene rings is 1. The first-order chi connectivity index (χ1) is 16.7. The molecular weight excluding hydrogens is 455 g/mol. The zero-order valence-electron chi connectivity index (χ0n) is 19.6. The second-order valence-corrected chi connectivity index (χ2v) is 9.80. The van der Waals surface area contributed by atoms with Crippen LogP contribution in [0, 0.1) is 11.8 Å². The number of aryl methyl sites for hydroxylation is 1. The van der Waals surface area contributed by atoms with Crippen LogP contribution in [0.5, 0.6) is 0 Å². The zero-order chi connectivity index (χ0) is 24.7. The van der Waals surface area contributed by atoms with E-state index in [9.17, 15) is 18.0 Å². The summed E-state index contributed by atoms with van der Waals surface area (Å²) in [5.74, 6) is 0.594. The molecule has 2 aromatic rings. The van der Waals surface area contributed by atoms with E-state index in [0.717, 1.165) is 48.2 Å². The van der Waals surface area contributed by atoms with Crippen LogP contribution in [0.15, 0.2) is 48.6 Å². The van der Waals surface area contributed by atoms with Crippen molar-refractivity contribution in [3.63, 3.8) is 0 Å². The molecule has 0 saturated carbocycles. The number of urea groups is 1. The Morgan fingerprint density at radius 2 is 2.00 bits per heavy atom. The summed E-state index contributed by atoms with van der Waals surface area (Å²) in [4.78, 5) is 13.3. The van der Waals surface area contributed by atoms with E-state index < -0.39 is 18.8 Å². The number of hydrogen-bond acceptors (Lipinski definition) is 3. The monoisotopic (exact) mass is 485 g/mol. The third-order valence-electron chi connectivity index (χ3n) is 7.61. The molecule has 35 heavy (non-hydrogen) atoms. The predicted octanol–water partition coefficient (Wildman–Crippen LogP) is 4.95. The molecule has 4 atom stereocenters. The lowest BCUT2D eigenvalue weighted by Crippen LogP contribution is -2.39. The Hall–Kier alpha value is -3.07. The lowest BCUT2D eigenvalue weighted by Gasteiger charge is -2.32. The van der Waals surface area contributed by atoms with E-state index in [4.69, 9.17) is 10.8 Å². The molecule has 0 bridgehead atoms. The van der Waals surface area contributed by atoms with E-state index in [1.165, 1.54) is 0 Å². The Morgan fingerprint density at radius 3 is 2.71 bits per heavy atom. The highest BCUT2D eigenvalue weighted by atomic mass is 19.4. The smallest absolute Gasteiger partial charge is 0.351 e. The van der Waals surface area contributed by atoms with Crippen LogP contribution in [-0.4, -0.2) is 46.0 Å². The number of halogens is 3. The lowest BCUT2D eigenvalue weighted by atomic mass is 9.74. The van der Waals surface area contributed by atoms with Gasteiger partial charge >= 0.3 is 12.2 Å². The summed E-state index contributed by atoms with van der Waals surface area (Å²) >= 11 is 0. The maximum absolute atomic E-state index is 13.4. The summed E-state index contributed by atoms with van der Waals surface area (Å²) in [5.41, 5.74) is 9.28. The number of allylic oxidation sites excluding steroid dienone is 4. The lowest BCUT2D eigenvalue weighted by molar-refractivity contribution is -0.147. The SMILES string of the molecule is CC1[C@@H](C2C=C(n3nc4c(c3NC(N)=O)CCC4)C=CC2)C(c2ccccc2)CN1CC(F)(F)F. The van der Waals surface area contributed by atoms with E-state index >= 15 is 0 Å². The van der Waals surface area contributed by atoms with Gasteiger partial charge in [-0.1, -0.05) is 42.5 Å². The predicted molar refractivity (Wildman–Crippen MR) is 129 cm³/mol. The number of primary amides is 1. The molecule has 0 spiro atoms. The van der Waals surface area contributed by atoms with Gasteiger partial charge in [-0.15, -0.1) is 0 Å². The Labute approximate surface area is 202 Å². The van der Waals surface area contributed by atoms with Crippen LogP contribution in [0.2, 0.25) is 0 Å². The minimum absolute atomic E-state index is 0.00495. The van der Waals surface area contributed by atoms with Crippen molar-refractivity contribution in [2.24, 2.45) is 17.6 Å². The molecule has 5 rings (SSSR count). The molecule has 186 valence electrons. The van der Waals surface area contributed by atoms with Gasteiger partial charge in [-0.3, -0.25) is 10.2 Å². The number of rotatable bonds is 5. The van der Waals surface area contributed by atoms with E-state index in [0.29, 0.717) is 12.4 Å². The number of carbonyl (C=O) groups excluding carboxylic acids is 1. The Bertz CT molecular complexity index is 1150. The molecule has 2 amide bonds. The van der Waals surface area contributed by atoms with Crippen molar-refractivity contribution < 1.29 is 18.0 Å². The maximum Gasteiger partial charge on any atom is 0.401 e. The van der Waals surface area contributed by atoms with Gasteiger partial charge in [-0.2, -0.15) is 18.3 Å². The molecule has 1 aliphatic heterocycles. The number of nitrogens with zero attached hydrogens (tertiary/aromatic N) is 3. The molecule has 1 aromatic heterocycles. The van der Waals surface area contributed by atoms with Crippen LogP contribution in [0.1, 0.15) is 42.5 Å². The molecule has 9 heteroatoms. The summed E-state index contributed by atoms with van der Waals surface area (Å²) < 4.78 is 41.8. The molecule has 1 fully saturated rings. The summed E-state index contributed by atoms with van der Waals surface area (Å²) in [6.45, 7) is 1.36. The highest BCUT2D eigenvalue weighted by Gasteiger charge is 2.46. The van der Waals surface area contributed by atoms with Crippen molar-refractivity contribution in [1.82, 2.24) is 14.7 Å². The van der Waals surface area contributed by atoms with E-state index in [2.05, 4.69) is 17.5 Å². The van der Waals surface area contributed by atoms with Gasteiger partial charge in [0.05, 0.1) is 17.9 Å². The number of nitrogens with two attached hydrogens (primary N) is 1. The molecule has 2 heterocycles. The van der Waals surface area contributed by atoms with Crippen LogP contribution < -0.4 is 11.1 Å². The first-order valence-corrected chi connectivity index (χ1v) is 12.1. The van der Waals surface area contributed by atoms with E-state index in [-0.39, 0.29) is 23.8 Å². The number of likely N-dealkylation sites (tertiary alicyclic amines) is 1. The van der Waals surface area contributed by atoms with Gasteiger partial charge in [0, 0.05) is 24.1 Å². The van der Waals surface area contributed by atoms with Gasteiger partial charge in [0.25, 0.3) is 0 Å².